The van der Waals surface area contributed by atoms with Gasteiger partial charge in [0.1, 0.15) is 5.75 Å². The predicted octanol–water partition coefficient (Wildman–Crippen LogP) is 3.83. The molecule has 3 rings (SSSR count). The lowest BCUT2D eigenvalue weighted by Gasteiger charge is -2.06. The number of benzene rings is 2. The standard InChI is InChI=1S/C20H21N3O4S2/c1-14-6-9-18(10-7-14)29(25,26)23-20-22-16(13-28-20)8-11-19(24)21-15-4-3-5-17(12-15)27-2/h3-7,9-10,12-13H,8,11H2,1-2H3,(H,21,24)(H,22,23). The third kappa shape index (κ3) is 5.78. The average molecular weight is 432 g/mol. The summed E-state index contributed by atoms with van der Waals surface area (Å²) < 4.78 is 32.5. The van der Waals surface area contributed by atoms with Crippen molar-refractivity contribution >= 4 is 38.1 Å². The third-order valence-electron chi connectivity index (χ3n) is 4.07. The smallest absolute Gasteiger partial charge is 0.263 e. The molecule has 0 bridgehead atoms. The quantitative estimate of drug-likeness (QED) is 0.565. The van der Waals surface area contributed by atoms with Gasteiger partial charge in [-0.15, -0.1) is 11.3 Å². The SMILES string of the molecule is COc1cccc(NC(=O)CCc2csc(NS(=O)(=O)c3ccc(C)cc3)n2)c1. The van der Waals surface area contributed by atoms with Gasteiger partial charge in [-0.05, 0) is 37.6 Å². The van der Waals surface area contributed by atoms with Crippen LogP contribution in [0.2, 0.25) is 0 Å². The predicted molar refractivity (Wildman–Crippen MR) is 114 cm³/mol. The van der Waals surface area contributed by atoms with Gasteiger partial charge in [0.2, 0.25) is 5.91 Å². The zero-order valence-electron chi connectivity index (χ0n) is 16.0. The molecule has 0 fully saturated rings. The highest BCUT2D eigenvalue weighted by Gasteiger charge is 2.16. The van der Waals surface area contributed by atoms with Crippen molar-refractivity contribution in [3.8, 4) is 5.75 Å². The molecular weight excluding hydrogens is 410 g/mol. The maximum Gasteiger partial charge on any atom is 0.263 e. The van der Waals surface area contributed by atoms with E-state index in [-0.39, 0.29) is 22.4 Å². The van der Waals surface area contributed by atoms with Gasteiger partial charge in [0, 0.05) is 23.6 Å². The zero-order chi connectivity index (χ0) is 20.9. The fourth-order valence-electron chi connectivity index (χ4n) is 2.53. The number of nitrogens with zero attached hydrogens (tertiary/aromatic N) is 1. The Morgan fingerprint density at radius 1 is 1.17 bits per heavy atom. The average Bonchev–Trinajstić information content (AvgIpc) is 3.13. The summed E-state index contributed by atoms with van der Waals surface area (Å²) in [5, 5.41) is 4.82. The molecule has 0 spiro atoms. The number of hydrogen-bond donors (Lipinski definition) is 2. The number of thiazole rings is 1. The largest absolute Gasteiger partial charge is 0.497 e. The normalized spacial score (nSPS) is 11.1. The van der Waals surface area contributed by atoms with E-state index in [1.807, 2.05) is 6.92 Å². The molecule has 1 amide bonds. The number of rotatable bonds is 8. The number of methoxy groups -OCH3 is 1. The molecule has 0 saturated carbocycles. The molecule has 1 heterocycles. The van der Waals surface area contributed by atoms with Crippen LogP contribution >= 0.6 is 11.3 Å². The summed E-state index contributed by atoms with van der Waals surface area (Å²) in [5.41, 5.74) is 2.28. The van der Waals surface area contributed by atoms with E-state index in [9.17, 15) is 13.2 Å². The minimum absolute atomic E-state index is 0.159. The first-order valence-electron chi connectivity index (χ1n) is 8.83. The van der Waals surface area contributed by atoms with Gasteiger partial charge >= 0.3 is 0 Å². The van der Waals surface area contributed by atoms with E-state index < -0.39 is 10.0 Å². The van der Waals surface area contributed by atoms with Crippen LogP contribution in [0.25, 0.3) is 0 Å². The first-order valence-corrected chi connectivity index (χ1v) is 11.2. The Labute approximate surface area is 173 Å². The highest BCUT2D eigenvalue weighted by atomic mass is 32.2. The molecule has 0 saturated heterocycles. The summed E-state index contributed by atoms with van der Waals surface area (Å²) in [6.07, 6.45) is 0.629. The Morgan fingerprint density at radius 2 is 1.93 bits per heavy atom. The van der Waals surface area contributed by atoms with Gasteiger partial charge in [0.15, 0.2) is 5.13 Å². The van der Waals surface area contributed by atoms with Gasteiger partial charge < -0.3 is 10.1 Å². The van der Waals surface area contributed by atoms with Crippen LogP contribution in [0.4, 0.5) is 10.8 Å². The van der Waals surface area contributed by atoms with Crippen molar-refractivity contribution in [2.75, 3.05) is 17.1 Å². The van der Waals surface area contributed by atoms with Crippen molar-refractivity contribution in [2.24, 2.45) is 0 Å². The summed E-state index contributed by atoms with van der Waals surface area (Å²) in [4.78, 5) is 16.6. The molecule has 1 aromatic heterocycles. The zero-order valence-corrected chi connectivity index (χ0v) is 17.6. The molecule has 152 valence electrons. The lowest BCUT2D eigenvalue weighted by Crippen LogP contribution is -2.13. The van der Waals surface area contributed by atoms with Gasteiger partial charge in [-0.2, -0.15) is 0 Å². The van der Waals surface area contributed by atoms with Gasteiger partial charge in [0.05, 0.1) is 17.7 Å². The summed E-state index contributed by atoms with van der Waals surface area (Å²) in [6.45, 7) is 1.89. The molecule has 29 heavy (non-hydrogen) atoms. The van der Waals surface area contributed by atoms with Crippen molar-refractivity contribution in [1.29, 1.82) is 0 Å². The van der Waals surface area contributed by atoms with E-state index in [1.54, 1.807) is 61.0 Å². The Bertz CT molecular complexity index is 1090. The molecule has 9 heteroatoms. The Morgan fingerprint density at radius 3 is 2.66 bits per heavy atom. The molecule has 2 aromatic carbocycles. The second-order valence-electron chi connectivity index (χ2n) is 6.34. The Balaban J connectivity index is 1.56. The minimum atomic E-state index is -3.69. The number of carbonyl (C=O) groups excluding carboxylic acids is 1. The van der Waals surface area contributed by atoms with Crippen LogP contribution in [0.3, 0.4) is 0 Å². The highest BCUT2D eigenvalue weighted by Crippen LogP contribution is 2.22. The molecular formula is C20H21N3O4S2. The summed E-state index contributed by atoms with van der Waals surface area (Å²) in [6, 6.07) is 13.7. The molecule has 0 atom stereocenters. The van der Waals surface area contributed by atoms with Crippen LogP contribution in [0.5, 0.6) is 5.75 Å². The Kier molecular flexibility index (Phi) is 6.50. The van der Waals surface area contributed by atoms with Crippen LogP contribution in [0, 0.1) is 6.92 Å². The van der Waals surface area contributed by atoms with Crippen molar-refractivity contribution in [3.63, 3.8) is 0 Å². The minimum Gasteiger partial charge on any atom is -0.497 e. The number of carbonyl (C=O) groups is 1. The van der Waals surface area contributed by atoms with Crippen molar-refractivity contribution < 1.29 is 17.9 Å². The molecule has 0 aliphatic rings. The van der Waals surface area contributed by atoms with Crippen LogP contribution in [-0.4, -0.2) is 26.4 Å². The lowest BCUT2D eigenvalue weighted by molar-refractivity contribution is -0.116. The Hall–Kier alpha value is -2.91. The van der Waals surface area contributed by atoms with E-state index in [1.165, 1.54) is 11.3 Å². The van der Waals surface area contributed by atoms with Crippen molar-refractivity contribution in [3.05, 3.63) is 65.2 Å². The number of anilines is 2. The third-order valence-corrected chi connectivity index (χ3v) is 6.36. The van der Waals surface area contributed by atoms with Gasteiger partial charge in [-0.3, -0.25) is 9.52 Å². The molecule has 0 aliphatic heterocycles. The summed E-state index contributed by atoms with van der Waals surface area (Å²) >= 11 is 1.19. The summed E-state index contributed by atoms with van der Waals surface area (Å²) in [5.74, 6) is 0.501. The number of aryl methyl sites for hydroxylation is 2. The van der Waals surface area contributed by atoms with Crippen LogP contribution in [0.15, 0.2) is 58.8 Å². The number of nitrogens with one attached hydrogen (secondary N) is 2. The lowest BCUT2D eigenvalue weighted by atomic mass is 10.2. The topological polar surface area (TPSA) is 97.4 Å². The maximum absolute atomic E-state index is 12.4. The molecule has 3 aromatic rings. The van der Waals surface area contributed by atoms with Crippen LogP contribution in [-0.2, 0) is 21.2 Å². The van der Waals surface area contributed by atoms with Gasteiger partial charge in [-0.1, -0.05) is 23.8 Å². The monoisotopic (exact) mass is 431 g/mol. The summed E-state index contributed by atoms with van der Waals surface area (Å²) in [7, 11) is -2.13. The molecule has 0 aliphatic carbocycles. The molecule has 7 nitrogen and oxygen atoms in total. The van der Waals surface area contributed by atoms with Gasteiger partial charge in [0.25, 0.3) is 10.0 Å². The van der Waals surface area contributed by atoms with E-state index >= 15 is 0 Å². The number of ether oxygens (including phenoxy) is 1. The van der Waals surface area contributed by atoms with Crippen molar-refractivity contribution in [2.45, 2.75) is 24.7 Å². The number of sulfonamides is 1. The van der Waals surface area contributed by atoms with Crippen LogP contribution in [0.1, 0.15) is 17.7 Å². The van der Waals surface area contributed by atoms with Crippen LogP contribution < -0.4 is 14.8 Å². The maximum atomic E-state index is 12.4. The van der Waals surface area contributed by atoms with E-state index in [0.717, 1.165) is 5.56 Å². The molecule has 0 radical (unpaired) electrons. The van der Waals surface area contributed by atoms with E-state index in [0.29, 0.717) is 23.6 Å². The fourth-order valence-corrected chi connectivity index (χ4v) is 4.52. The first-order chi connectivity index (χ1) is 13.9. The number of amides is 1. The van der Waals surface area contributed by atoms with E-state index in [2.05, 4.69) is 15.0 Å². The first kappa shape index (κ1) is 20.8. The molecule has 0 unspecified atom stereocenters. The molecule has 2 N–H and O–H groups in total. The fraction of sp³-hybridized carbons (Fsp3) is 0.200. The van der Waals surface area contributed by atoms with E-state index in [4.69, 9.17) is 4.74 Å². The second-order valence-corrected chi connectivity index (χ2v) is 8.88. The number of aromatic nitrogens is 1. The highest BCUT2D eigenvalue weighted by molar-refractivity contribution is 7.93. The van der Waals surface area contributed by atoms with Gasteiger partial charge in [-0.25, -0.2) is 13.4 Å². The number of hydrogen-bond acceptors (Lipinski definition) is 6. The van der Waals surface area contributed by atoms with Crippen molar-refractivity contribution in [1.82, 2.24) is 4.98 Å². The second kappa shape index (κ2) is 9.06.